The van der Waals surface area contributed by atoms with Crippen molar-refractivity contribution in [1.29, 1.82) is 0 Å². The zero-order valence-corrected chi connectivity index (χ0v) is 15.1. The molecule has 2 aromatic carbocycles. The van der Waals surface area contributed by atoms with Crippen LogP contribution in [-0.4, -0.2) is 23.8 Å². The van der Waals surface area contributed by atoms with E-state index in [1.165, 1.54) is 0 Å². The smallest absolute Gasteiger partial charge is 0.271 e. The molecule has 0 saturated heterocycles. The van der Waals surface area contributed by atoms with Gasteiger partial charge in [0.15, 0.2) is 0 Å². The number of carbonyl (C=O) groups excluding carboxylic acids is 1. The van der Waals surface area contributed by atoms with Gasteiger partial charge in [-0.25, -0.2) is 5.43 Å². The lowest BCUT2D eigenvalue weighted by molar-refractivity contribution is 0.0955. The molecule has 5 nitrogen and oxygen atoms in total. The molecule has 0 bridgehead atoms. The molecule has 0 aliphatic carbocycles. The minimum Gasteiger partial charge on any atom is -0.497 e. The number of hydrazone groups is 1. The topological polar surface area (TPSA) is 55.6 Å². The number of nitrogens with zero attached hydrogens (tertiary/aromatic N) is 2. The Morgan fingerprint density at radius 3 is 2.38 bits per heavy atom. The molecule has 1 N–H and O–H groups in total. The number of methoxy groups -OCH3 is 1. The number of hydrogen-bond acceptors (Lipinski definition) is 3. The van der Waals surface area contributed by atoms with Gasteiger partial charge in [0.2, 0.25) is 0 Å². The lowest BCUT2D eigenvalue weighted by atomic mass is 10.2. The average molecular weight is 347 g/mol. The molecule has 1 aromatic heterocycles. The molecule has 1 amide bonds. The van der Waals surface area contributed by atoms with Crippen molar-refractivity contribution in [2.45, 2.75) is 13.8 Å². The summed E-state index contributed by atoms with van der Waals surface area (Å²) in [5, 5.41) is 4.01. The van der Waals surface area contributed by atoms with Crippen LogP contribution in [0.1, 0.15) is 27.3 Å². The number of nitrogens with one attached hydrogen (secondary N) is 1. The van der Waals surface area contributed by atoms with Crippen molar-refractivity contribution in [3.05, 3.63) is 83.2 Å². The third-order valence-electron chi connectivity index (χ3n) is 4.13. The number of benzene rings is 2. The van der Waals surface area contributed by atoms with Crippen molar-refractivity contribution in [1.82, 2.24) is 9.99 Å². The van der Waals surface area contributed by atoms with E-state index in [1.807, 2.05) is 36.4 Å². The first-order chi connectivity index (χ1) is 12.6. The lowest BCUT2D eigenvalue weighted by Crippen LogP contribution is -2.17. The van der Waals surface area contributed by atoms with Crippen LogP contribution in [0.15, 0.2) is 65.8 Å². The first kappa shape index (κ1) is 17.5. The van der Waals surface area contributed by atoms with Crippen LogP contribution in [0.2, 0.25) is 0 Å². The maximum absolute atomic E-state index is 12.2. The first-order valence-corrected chi connectivity index (χ1v) is 8.31. The van der Waals surface area contributed by atoms with E-state index in [0.29, 0.717) is 5.56 Å². The molecule has 1 heterocycles. The first-order valence-electron chi connectivity index (χ1n) is 8.31. The lowest BCUT2D eigenvalue weighted by Gasteiger charge is -2.10. The van der Waals surface area contributed by atoms with E-state index in [2.05, 4.69) is 41.1 Å². The van der Waals surface area contributed by atoms with Gasteiger partial charge in [0.1, 0.15) is 5.75 Å². The summed E-state index contributed by atoms with van der Waals surface area (Å²) in [6.07, 6.45) is 1.58. The zero-order valence-electron chi connectivity index (χ0n) is 15.1. The fourth-order valence-corrected chi connectivity index (χ4v) is 2.79. The van der Waals surface area contributed by atoms with E-state index in [4.69, 9.17) is 4.74 Å². The summed E-state index contributed by atoms with van der Waals surface area (Å²) in [6, 6.07) is 19.0. The van der Waals surface area contributed by atoms with Crippen LogP contribution >= 0.6 is 0 Å². The molecule has 0 fully saturated rings. The molecule has 0 aliphatic rings. The normalized spacial score (nSPS) is 10.9. The second-order valence-electron chi connectivity index (χ2n) is 5.97. The van der Waals surface area contributed by atoms with Gasteiger partial charge in [-0.2, -0.15) is 5.10 Å². The predicted molar refractivity (Wildman–Crippen MR) is 103 cm³/mol. The Morgan fingerprint density at radius 1 is 1.04 bits per heavy atom. The fourth-order valence-electron chi connectivity index (χ4n) is 2.79. The SMILES string of the molecule is COc1cccc(/C=N\NC(=O)c2ccc(-n3c(C)ccc3C)cc2)c1. The molecule has 132 valence electrons. The van der Waals surface area contributed by atoms with Crippen molar-refractivity contribution in [3.63, 3.8) is 0 Å². The van der Waals surface area contributed by atoms with Crippen molar-refractivity contribution in [2.75, 3.05) is 7.11 Å². The van der Waals surface area contributed by atoms with E-state index in [-0.39, 0.29) is 5.91 Å². The van der Waals surface area contributed by atoms with E-state index < -0.39 is 0 Å². The molecule has 0 atom stereocenters. The molecule has 3 rings (SSSR count). The monoisotopic (exact) mass is 347 g/mol. The van der Waals surface area contributed by atoms with Crippen LogP contribution < -0.4 is 10.2 Å². The summed E-state index contributed by atoms with van der Waals surface area (Å²) in [4.78, 5) is 12.2. The Morgan fingerprint density at radius 2 is 1.73 bits per heavy atom. The van der Waals surface area contributed by atoms with Crippen LogP contribution in [0.5, 0.6) is 5.75 Å². The van der Waals surface area contributed by atoms with Crippen molar-refractivity contribution in [2.24, 2.45) is 5.10 Å². The Bertz CT molecular complexity index is 921. The van der Waals surface area contributed by atoms with Crippen molar-refractivity contribution < 1.29 is 9.53 Å². The summed E-state index contributed by atoms with van der Waals surface area (Å²) in [5.74, 6) is 0.489. The van der Waals surface area contributed by atoms with Gasteiger partial charge in [-0.15, -0.1) is 0 Å². The fraction of sp³-hybridized carbons (Fsp3) is 0.143. The molecule has 5 heteroatoms. The summed E-state index contributed by atoms with van der Waals surface area (Å²) in [7, 11) is 1.61. The number of aromatic nitrogens is 1. The quantitative estimate of drug-likeness (QED) is 0.563. The largest absolute Gasteiger partial charge is 0.497 e. The second kappa shape index (κ2) is 7.70. The highest BCUT2D eigenvalue weighted by Gasteiger charge is 2.07. The number of ether oxygens (including phenoxy) is 1. The minimum absolute atomic E-state index is 0.253. The van der Waals surface area contributed by atoms with Gasteiger partial charge in [-0.1, -0.05) is 12.1 Å². The van der Waals surface area contributed by atoms with Gasteiger partial charge in [0, 0.05) is 22.6 Å². The Kier molecular flexibility index (Phi) is 5.17. The third kappa shape index (κ3) is 3.83. The van der Waals surface area contributed by atoms with Crippen LogP contribution in [0.25, 0.3) is 5.69 Å². The highest BCUT2D eigenvalue weighted by Crippen LogP contribution is 2.17. The maximum atomic E-state index is 12.2. The molecule has 0 saturated carbocycles. The van der Waals surface area contributed by atoms with Crippen LogP contribution in [-0.2, 0) is 0 Å². The van der Waals surface area contributed by atoms with Crippen molar-refractivity contribution in [3.8, 4) is 11.4 Å². The number of rotatable bonds is 5. The Balaban J connectivity index is 1.67. The molecule has 0 aliphatic heterocycles. The van der Waals surface area contributed by atoms with Gasteiger partial charge >= 0.3 is 0 Å². The molecule has 0 spiro atoms. The van der Waals surface area contributed by atoms with Gasteiger partial charge in [-0.3, -0.25) is 4.79 Å². The highest BCUT2D eigenvalue weighted by molar-refractivity contribution is 5.95. The number of carbonyl (C=O) groups is 1. The zero-order chi connectivity index (χ0) is 18.5. The van der Waals surface area contributed by atoms with Crippen LogP contribution in [0, 0.1) is 13.8 Å². The van der Waals surface area contributed by atoms with Gasteiger partial charge < -0.3 is 9.30 Å². The molecule has 26 heavy (non-hydrogen) atoms. The minimum atomic E-state index is -0.253. The van der Waals surface area contributed by atoms with Crippen LogP contribution in [0.3, 0.4) is 0 Å². The standard InChI is InChI=1S/C21H21N3O2/c1-15-7-8-16(2)24(15)19-11-9-18(10-12-19)21(25)23-22-14-17-5-4-6-20(13-17)26-3/h4-14H,1-3H3,(H,23,25)/b22-14-. The van der Waals surface area contributed by atoms with E-state index in [0.717, 1.165) is 28.4 Å². The maximum Gasteiger partial charge on any atom is 0.271 e. The molecule has 3 aromatic rings. The number of aryl methyl sites for hydroxylation is 2. The average Bonchev–Trinajstić information content (AvgIpc) is 3.00. The van der Waals surface area contributed by atoms with E-state index in [1.54, 1.807) is 25.5 Å². The summed E-state index contributed by atoms with van der Waals surface area (Å²) in [6.45, 7) is 4.11. The molecular formula is C21H21N3O2. The third-order valence-corrected chi connectivity index (χ3v) is 4.13. The molecule has 0 unspecified atom stereocenters. The second-order valence-corrected chi connectivity index (χ2v) is 5.97. The van der Waals surface area contributed by atoms with Crippen LogP contribution in [0.4, 0.5) is 0 Å². The Labute approximate surface area is 152 Å². The van der Waals surface area contributed by atoms with Gasteiger partial charge in [0.05, 0.1) is 13.3 Å². The summed E-state index contributed by atoms with van der Waals surface area (Å²) < 4.78 is 7.30. The van der Waals surface area contributed by atoms with Crippen molar-refractivity contribution >= 4 is 12.1 Å². The summed E-state index contributed by atoms with van der Waals surface area (Å²) in [5.41, 5.74) is 7.28. The molecular weight excluding hydrogens is 326 g/mol. The van der Waals surface area contributed by atoms with Gasteiger partial charge in [-0.05, 0) is 67.9 Å². The molecule has 0 radical (unpaired) electrons. The highest BCUT2D eigenvalue weighted by atomic mass is 16.5. The number of hydrogen-bond donors (Lipinski definition) is 1. The Hall–Kier alpha value is -3.34. The van der Waals surface area contributed by atoms with E-state index >= 15 is 0 Å². The van der Waals surface area contributed by atoms with E-state index in [9.17, 15) is 4.79 Å². The van der Waals surface area contributed by atoms with Gasteiger partial charge in [0.25, 0.3) is 5.91 Å². The summed E-state index contributed by atoms with van der Waals surface area (Å²) >= 11 is 0. The predicted octanol–water partition coefficient (Wildman–Crippen LogP) is 3.87. The number of amides is 1.